The summed E-state index contributed by atoms with van der Waals surface area (Å²) in [4.78, 5) is 0. The van der Waals surface area contributed by atoms with Crippen molar-refractivity contribution in [3.8, 4) is 5.75 Å². The molecule has 0 heterocycles. The molecule has 0 aliphatic carbocycles. The maximum Gasteiger partial charge on any atom is 0.387 e. The van der Waals surface area contributed by atoms with Crippen LogP contribution in [-0.4, -0.2) is 19.6 Å². The van der Waals surface area contributed by atoms with E-state index in [9.17, 15) is 17.6 Å². The van der Waals surface area contributed by atoms with Crippen molar-refractivity contribution in [1.29, 1.82) is 0 Å². The zero-order valence-electron chi connectivity index (χ0n) is 9.17. The smallest absolute Gasteiger partial charge is 0.387 e. The highest BCUT2D eigenvalue weighted by Gasteiger charge is 2.10. The molecule has 0 fully saturated rings. The molecule has 2 nitrogen and oxygen atoms in total. The number of ether oxygens (including phenoxy) is 1. The fraction of sp³-hybridized carbons (Fsp3) is 0.455. The van der Waals surface area contributed by atoms with Crippen LogP contribution in [0.25, 0.3) is 0 Å². The van der Waals surface area contributed by atoms with E-state index in [0.29, 0.717) is 5.56 Å². The highest BCUT2D eigenvalue weighted by molar-refractivity contribution is 5.30. The molecule has 0 aromatic heterocycles. The molecule has 0 aliphatic heterocycles. The molecule has 0 aliphatic rings. The first kappa shape index (κ1) is 13.8. The molecule has 0 radical (unpaired) electrons. The Balaban J connectivity index is 2.63. The van der Waals surface area contributed by atoms with E-state index in [1.807, 2.05) is 0 Å². The van der Waals surface area contributed by atoms with Crippen LogP contribution in [0.15, 0.2) is 24.3 Å². The van der Waals surface area contributed by atoms with Crippen molar-refractivity contribution in [2.24, 2.45) is 0 Å². The molecule has 1 rings (SSSR count). The molecule has 96 valence electrons. The van der Waals surface area contributed by atoms with Gasteiger partial charge < -0.3 is 10.1 Å². The monoisotopic (exact) mass is 251 g/mol. The van der Waals surface area contributed by atoms with Gasteiger partial charge in [0.1, 0.15) is 5.75 Å². The van der Waals surface area contributed by atoms with Crippen molar-refractivity contribution >= 4 is 0 Å². The summed E-state index contributed by atoms with van der Waals surface area (Å²) in [5.74, 6) is 0.0168. The van der Waals surface area contributed by atoms with Gasteiger partial charge in [-0.1, -0.05) is 12.1 Å². The SMILES string of the molecule is CC(NCC(F)F)c1cccc(OC(F)F)c1. The van der Waals surface area contributed by atoms with E-state index in [2.05, 4.69) is 10.1 Å². The van der Waals surface area contributed by atoms with Gasteiger partial charge in [0.15, 0.2) is 0 Å². The zero-order chi connectivity index (χ0) is 12.8. The van der Waals surface area contributed by atoms with Gasteiger partial charge in [-0.3, -0.25) is 0 Å². The van der Waals surface area contributed by atoms with Gasteiger partial charge in [0.2, 0.25) is 0 Å². The van der Waals surface area contributed by atoms with Crippen LogP contribution in [0.1, 0.15) is 18.5 Å². The Kier molecular flexibility index (Phi) is 5.21. The van der Waals surface area contributed by atoms with Crippen LogP contribution in [0, 0.1) is 0 Å². The fourth-order valence-electron chi connectivity index (χ4n) is 1.34. The molecule has 0 saturated heterocycles. The van der Waals surface area contributed by atoms with Crippen molar-refractivity contribution in [3.05, 3.63) is 29.8 Å². The van der Waals surface area contributed by atoms with E-state index < -0.39 is 19.6 Å². The van der Waals surface area contributed by atoms with Crippen LogP contribution in [0.5, 0.6) is 5.75 Å². The minimum absolute atomic E-state index is 0.0168. The van der Waals surface area contributed by atoms with Gasteiger partial charge in [-0.05, 0) is 24.6 Å². The normalized spacial score (nSPS) is 13.1. The second kappa shape index (κ2) is 6.44. The van der Waals surface area contributed by atoms with Crippen molar-refractivity contribution in [1.82, 2.24) is 5.32 Å². The van der Waals surface area contributed by atoms with Crippen LogP contribution in [0.2, 0.25) is 0 Å². The number of alkyl halides is 4. The van der Waals surface area contributed by atoms with Crippen LogP contribution in [0.4, 0.5) is 17.6 Å². The first-order chi connectivity index (χ1) is 7.99. The Morgan fingerprint density at radius 2 is 1.94 bits per heavy atom. The molecule has 1 unspecified atom stereocenters. The minimum atomic E-state index is -2.89. The summed E-state index contributed by atoms with van der Waals surface area (Å²) in [6.07, 6.45) is -2.45. The molecule has 0 amide bonds. The summed E-state index contributed by atoms with van der Waals surface area (Å²) in [5.41, 5.74) is 0.615. The average molecular weight is 251 g/mol. The lowest BCUT2D eigenvalue weighted by atomic mass is 10.1. The van der Waals surface area contributed by atoms with Gasteiger partial charge in [0, 0.05) is 6.04 Å². The van der Waals surface area contributed by atoms with Crippen molar-refractivity contribution in [3.63, 3.8) is 0 Å². The van der Waals surface area contributed by atoms with Crippen molar-refractivity contribution in [2.45, 2.75) is 26.0 Å². The summed E-state index contributed by atoms with van der Waals surface area (Å²) < 4.78 is 52.1. The molecule has 1 aromatic carbocycles. The lowest BCUT2D eigenvalue weighted by Gasteiger charge is -2.15. The number of nitrogens with one attached hydrogen (secondary N) is 1. The second-order valence-electron chi connectivity index (χ2n) is 3.47. The molecule has 1 aromatic rings. The Morgan fingerprint density at radius 3 is 2.53 bits per heavy atom. The maximum absolute atomic E-state index is 12.0. The van der Waals surface area contributed by atoms with Gasteiger partial charge in [-0.15, -0.1) is 0 Å². The molecule has 0 bridgehead atoms. The van der Waals surface area contributed by atoms with E-state index in [1.165, 1.54) is 18.2 Å². The van der Waals surface area contributed by atoms with Crippen LogP contribution < -0.4 is 10.1 Å². The van der Waals surface area contributed by atoms with E-state index in [1.54, 1.807) is 13.0 Å². The van der Waals surface area contributed by atoms with Gasteiger partial charge in [-0.2, -0.15) is 8.78 Å². The minimum Gasteiger partial charge on any atom is -0.435 e. The second-order valence-corrected chi connectivity index (χ2v) is 3.47. The average Bonchev–Trinajstić information content (AvgIpc) is 2.25. The molecule has 17 heavy (non-hydrogen) atoms. The van der Waals surface area contributed by atoms with Gasteiger partial charge in [-0.25, -0.2) is 8.78 Å². The first-order valence-electron chi connectivity index (χ1n) is 5.05. The standard InChI is InChI=1S/C11H13F4NO/c1-7(16-6-10(12)13)8-3-2-4-9(5-8)17-11(14)15/h2-5,7,10-11,16H,6H2,1H3. The number of hydrogen-bond donors (Lipinski definition) is 1. The van der Waals surface area contributed by atoms with E-state index in [-0.39, 0.29) is 11.8 Å². The predicted molar refractivity (Wildman–Crippen MR) is 55.5 cm³/mol. The molecule has 6 heteroatoms. The Morgan fingerprint density at radius 1 is 1.24 bits per heavy atom. The number of halogens is 4. The highest BCUT2D eigenvalue weighted by Crippen LogP contribution is 2.20. The Hall–Kier alpha value is -1.30. The summed E-state index contributed by atoms with van der Waals surface area (Å²) in [6, 6.07) is 5.62. The number of rotatable bonds is 6. The third-order valence-electron chi connectivity index (χ3n) is 2.16. The molecule has 0 spiro atoms. The predicted octanol–water partition coefficient (Wildman–Crippen LogP) is 3.20. The third-order valence-corrected chi connectivity index (χ3v) is 2.16. The fourth-order valence-corrected chi connectivity index (χ4v) is 1.34. The summed E-state index contributed by atoms with van der Waals surface area (Å²) >= 11 is 0. The number of benzene rings is 1. The zero-order valence-corrected chi connectivity index (χ0v) is 9.17. The quantitative estimate of drug-likeness (QED) is 0.784. The van der Waals surface area contributed by atoms with E-state index in [4.69, 9.17) is 0 Å². The Labute approximate surface area is 96.6 Å². The Bertz CT molecular complexity index is 346. The number of hydrogen-bond acceptors (Lipinski definition) is 2. The van der Waals surface area contributed by atoms with Crippen molar-refractivity contribution < 1.29 is 22.3 Å². The lowest BCUT2D eigenvalue weighted by molar-refractivity contribution is -0.0499. The molecular weight excluding hydrogens is 238 g/mol. The van der Waals surface area contributed by atoms with E-state index in [0.717, 1.165) is 0 Å². The van der Waals surface area contributed by atoms with Gasteiger partial charge in [0.05, 0.1) is 6.54 Å². The lowest BCUT2D eigenvalue weighted by Crippen LogP contribution is -2.24. The first-order valence-corrected chi connectivity index (χ1v) is 5.05. The van der Waals surface area contributed by atoms with E-state index >= 15 is 0 Å². The van der Waals surface area contributed by atoms with Crippen molar-refractivity contribution in [2.75, 3.05) is 6.54 Å². The molecule has 1 N–H and O–H groups in total. The topological polar surface area (TPSA) is 21.3 Å². The molecule has 0 saturated carbocycles. The molecular formula is C11H13F4NO. The summed E-state index contributed by atoms with van der Waals surface area (Å²) in [5, 5.41) is 2.59. The summed E-state index contributed by atoms with van der Waals surface area (Å²) in [6.45, 7) is -1.67. The summed E-state index contributed by atoms with van der Waals surface area (Å²) in [7, 11) is 0. The van der Waals surface area contributed by atoms with Gasteiger partial charge >= 0.3 is 6.61 Å². The highest BCUT2D eigenvalue weighted by atomic mass is 19.3. The molecule has 1 atom stereocenters. The largest absolute Gasteiger partial charge is 0.435 e. The maximum atomic E-state index is 12.0. The van der Waals surface area contributed by atoms with Crippen LogP contribution in [0.3, 0.4) is 0 Å². The van der Waals surface area contributed by atoms with Gasteiger partial charge in [0.25, 0.3) is 6.43 Å². The van der Waals surface area contributed by atoms with Crippen LogP contribution in [-0.2, 0) is 0 Å². The van der Waals surface area contributed by atoms with Crippen LogP contribution >= 0.6 is 0 Å². The third kappa shape index (κ3) is 5.04.